The maximum absolute atomic E-state index is 12.2. The van der Waals surface area contributed by atoms with Gasteiger partial charge in [-0.15, -0.1) is 0 Å². The third-order valence-electron chi connectivity index (χ3n) is 3.75. The van der Waals surface area contributed by atoms with Crippen LogP contribution in [0.1, 0.15) is 38.2 Å². The second-order valence-corrected chi connectivity index (χ2v) is 4.83. The van der Waals surface area contributed by atoms with Crippen molar-refractivity contribution in [1.29, 1.82) is 0 Å². The van der Waals surface area contributed by atoms with Crippen LogP contribution in [-0.2, 0) is 15.1 Å². The Labute approximate surface area is 108 Å². The first-order valence-corrected chi connectivity index (χ1v) is 6.64. The molecular formula is C15H20O3. The van der Waals surface area contributed by atoms with Crippen molar-refractivity contribution in [2.45, 2.75) is 38.2 Å². The topological polar surface area (TPSA) is 46.5 Å². The molecule has 1 aromatic rings. The molecule has 1 saturated carbocycles. The number of aliphatic hydroxyl groups is 1. The minimum atomic E-state index is -1.48. The fourth-order valence-electron chi connectivity index (χ4n) is 2.80. The predicted molar refractivity (Wildman–Crippen MR) is 68.9 cm³/mol. The van der Waals surface area contributed by atoms with Gasteiger partial charge in [-0.1, -0.05) is 43.2 Å². The summed E-state index contributed by atoms with van der Waals surface area (Å²) < 4.78 is 5.08. The Bertz CT molecular complexity index is 395. The molecule has 1 aromatic carbocycles. The molecule has 1 aliphatic carbocycles. The number of ether oxygens (including phenoxy) is 1. The van der Waals surface area contributed by atoms with E-state index in [1.54, 1.807) is 19.1 Å². The summed E-state index contributed by atoms with van der Waals surface area (Å²) in [5.74, 6) is -0.540. The van der Waals surface area contributed by atoms with Crippen LogP contribution in [-0.4, -0.2) is 17.7 Å². The zero-order valence-corrected chi connectivity index (χ0v) is 10.8. The monoisotopic (exact) mass is 248 g/mol. The number of hydrogen-bond acceptors (Lipinski definition) is 3. The predicted octanol–water partition coefficient (Wildman–Crippen LogP) is 2.63. The molecule has 0 bridgehead atoms. The zero-order chi connectivity index (χ0) is 13.0. The third-order valence-corrected chi connectivity index (χ3v) is 3.75. The summed E-state index contributed by atoms with van der Waals surface area (Å²) in [4.78, 5) is 12.2. The van der Waals surface area contributed by atoms with Gasteiger partial charge in [0, 0.05) is 5.92 Å². The van der Waals surface area contributed by atoms with E-state index in [2.05, 4.69) is 0 Å². The van der Waals surface area contributed by atoms with Crippen LogP contribution < -0.4 is 0 Å². The lowest BCUT2D eigenvalue weighted by atomic mass is 9.80. The minimum absolute atomic E-state index is 0.0288. The van der Waals surface area contributed by atoms with E-state index in [1.807, 2.05) is 18.2 Å². The Morgan fingerprint density at radius 3 is 2.50 bits per heavy atom. The van der Waals surface area contributed by atoms with Crippen LogP contribution in [0.15, 0.2) is 30.3 Å². The fourth-order valence-corrected chi connectivity index (χ4v) is 2.80. The zero-order valence-electron chi connectivity index (χ0n) is 10.8. The van der Waals surface area contributed by atoms with Crippen LogP contribution in [0.4, 0.5) is 0 Å². The molecule has 0 saturated heterocycles. The molecule has 98 valence electrons. The van der Waals surface area contributed by atoms with Crippen molar-refractivity contribution in [3.63, 3.8) is 0 Å². The van der Waals surface area contributed by atoms with Crippen LogP contribution in [0.5, 0.6) is 0 Å². The van der Waals surface area contributed by atoms with E-state index < -0.39 is 11.6 Å². The van der Waals surface area contributed by atoms with E-state index >= 15 is 0 Å². The summed E-state index contributed by atoms with van der Waals surface area (Å²) in [7, 11) is 0. The van der Waals surface area contributed by atoms with Crippen molar-refractivity contribution >= 4 is 5.97 Å². The van der Waals surface area contributed by atoms with Crippen molar-refractivity contribution in [2.75, 3.05) is 6.61 Å². The molecule has 1 fully saturated rings. The van der Waals surface area contributed by atoms with Gasteiger partial charge < -0.3 is 9.84 Å². The Morgan fingerprint density at radius 2 is 1.94 bits per heavy atom. The Hall–Kier alpha value is -1.35. The van der Waals surface area contributed by atoms with E-state index in [0.717, 1.165) is 25.7 Å². The van der Waals surface area contributed by atoms with E-state index in [1.165, 1.54) is 0 Å². The summed E-state index contributed by atoms with van der Waals surface area (Å²) >= 11 is 0. The summed E-state index contributed by atoms with van der Waals surface area (Å²) in [6.45, 7) is 2.05. The lowest BCUT2D eigenvalue weighted by Crippen LogP contribution is -2.43. The van der Waals surface area contributed by atoms with Gasteiger partial charge >= 0.3 is 5.97 Å². The highest BCUT2D eigenvalue weighted by Gasteiger charge is 2.47. The Morgan fingerprint density at radius 1 is 1.33 bits per heavy atom. The molecule has 0 spiro atoms. The number of hydrogen-bond donors (Lipinski definition) is 1. The molecule has 0 amide bonds. The first kappa shape index (κ1) is 13.1. The molecule has 18 heavy (non-hydrogen) atoms. The van der Waals surface area contributed by atoms with Gasteiger partial charge in [-0.05, 0) is 25.3 Å². The van der Waals surface area contributed by atoms with Crippen LogP contribution >= 0.6 is 0 Å². The first-order chi connectivity index (χ1) is 8.69. The van der Waals surface area contributed by atoms with Crippen molar-refractivity contribution in [1.82, 2.24) is 0 Å². The van der Waals surface area contributed by atoms with Crippen LogP contribution in [0.3, 0.4) is 0 Å². The highest BCUT2D eigenvalue weighted by atomic mass is 16.5. The molecular weight excluding hydrogens is 228 g/mol. The fraction of sp³-hybridized carbons (Fsp3) is 0.533. The van der Waals surface area contributed by atoms with Gasteiger partial charge in [0.15, 0.2) is 5.60 Å². The van der Waals surface area contributed by atoms with E-state index in [9.17, 15) is 9.90 Å². The van der Waals surface area contributed by atoms with Crippen molar-refractivity contribution in [3.05, 3.63) is 35.9 Å². The van der Waals surface area contributed by atoms with Gasteiger partial charge in [0.25, 0.3) is 0 Å². The molecule has 2 rings (SSSR count). The molecule has 0 heterocycles. The first-order valence-electron chi connectivity index (χ1n) is 6.64. The smallest absolute Gasteiger partial charge is 0.343 e. The highest BCUT2D eigenvalue weighted by molar-refractivity contribution is 5.81. The number of carbonyl (C=O) groups is 1. The molecule has 3 nitrogen and oxygen atoms in total. The van der Waals surface area contributed by atoms with Crippen molar-refractivity contribution in [3.8, 4) is 0 Å². The van der Waals surface area contributed by atoms with Gasteiger partial charge in [0.1, 0.15) is 0 Å². The summed E-state index contributed by atoms with van der Waals surface area (Å²) in [5, 5.41) is 10.9. The number of benzene rings is 1. The van der Waals surface area contributed by atoms with Crippen LogP contribution in [0.2, 0.25) is 0 Å². The normalized spacial score (nSPS) is 19.4. The van der Waals surface area contributed by atoms with E-state index in [0.29, 0.717) is 12.2 Å². The quantitative estimate of drug-likeness (QED) is 0.833. The lowest BCUT2D eigenvalue weighted by Gasteiger charge is -2.32. The highest BCUT2D eigenvalue weighted by Crippen LogP contribution is 2.41. The van der Waals surface area contributed by atoms with Gasteiger partial charge in [-0.25, -0.2) is 4.79 Å². The summed E-state index contributed by atoms with van der Waals surface area (Å²) in [6.07, 6.45) is 3.90. The number of carbonyl (C=O) groups excluding carboxylic acids is 1. The van der Waals surface area contributed by atoms with E-state index in [-0.39, 0.29) is 5.92 Å². The minimum Gasteiger partial charge on any atom is -0.464 e. The van der Waals surface area contributed by atoms with Crippen LogP contribution in [0.25, 0.3) is 0 Å². The largest absolute Gasteiger partial charge is 0.464 e. The van der Waals surface area contributed by atoms with Gasteiger partial charge in [0.2, 0.25) is 0 Å². The van der Waals surface area contributed by atoms with Gasteiger partial charge in [0.05, 0.1) is 6.61 Å². The average Bonchev–Trinajstić information content (AvgIpc) is 2.93. The van der Waals surface area contributed by atoms with E-state index in [4.69, 9.17) is 4.74 Å². The SMILES string of the molecule is CCOC(=O)C(O)(c1ccccc1)C1CCCC1. The maximum atomic E-state index is 12.2. The molecule has 0 radical (unpaired) electrons. The van der Waals surface area contributed by atoms with Gasteiger partial charge in [-0.2, -0.15) is 0 Å². The second-order valence-electron chi connectivity index (χ2n) is 4.83. The number of esters is 1. The number of rotatable bonds is 4. The average molecular weight is 248 g/mol. The third kappa shape index (κ3) is 2.27. The Balaban J connectivity index is 2.35. The van der Waals surface area contributed by atoms with Crippen molar-refractivity contribution in [2.24, 2.45) is 5.92 Å². The van der Waals surface area contributed by atoms with Gasteiger partial charge in [-0.3, -0.25) is 0 Å². The molecule has 1 N–H and O–H groups in total. The van der Waals surface area contributed by atoms with Crippen LogP contribution in [0, 0.1) is 5.92 Å². The molecule has 0 aliphatic heterocycles. The standard InChI is InChI=1S/C15H20O3/c1-2-18-14(16)15(17,13-10-6-7-11-13)12-8-4-3-5-9-12/h3-5,8-9,13,17H,2,6-7,10-11H2,1H3. The lowest BCUT2D eigenvalue weighted by molar-refractivity contribution is -0.173. The molecule has 1 aliphatic rings. The Kier molecular flexibility index (Phi) is 4.02. The molecule has 0 aromatic heterocycles. The second kappa shape index (κ2) is 5.53. The summed E-state index contributed by atoms with van der Waals surface area (Å²) in [6, 6.07) is 9.16. The summed E-state index contributed by atoms with van der Waals surface area (Å²) in [5.41, 5.74) is -0.830. The molecule has 1 atom stereocenters. The molecule has 1 unspecified atom stereocenters. The molecule has 3 heteroatoms. The maximum Gasteiger partial charge on any atom is 0.343 e. The van der Waals surface area contributed by atoms with Crippen molar-refractivity contribution < 1.29 is 14.6 Å².